The fourth-order valence-electron chi connectivity index (χ4n) is 14.2. The summed E-state index contributed by atoms with van der Waals surface area (Å²) in [4.78, 5) is 0. The van der Waals surface area contributed by atoms with E-state index in [1.807, 2.05) is 6.92 Å². The molecule has 0 aromatic carbocycles. The predicted molar refractivity (Wildman–Crippen MR) is 320 cm³/mol. The lowest BCUT2D eigenvalue weighted by Gasteiger charge is -2.44. The van der Waals surface area contributed by atoms with Crippen LogP contribution in [0, 0.1) is 29.6 Å². The molecule has 20 unspecified atom stereocenters. The zero-order valence-electron chi connectivity index (χ0n) is 54.3. The van der Waals surface area contributed by atoms with Crippen molar-refractivity contribution in [2.24, 2.45) is 29.6 Å². The molecule has 0 spiro atoms. The normalized spacial score (nSPS) is 45.7. The van der Waals surface area contributed by atoms with Gasteiger partial charge in [0.05, 0.1) is 154 Å². The Morgan fingerprint density at radius 1 is 0.219 bits per heavy atom. The molecule has 0 saturated carbocycles. The van der Waals surface area contributed by atoms with Crippen molar-refractivity contribution in [3.05, 3.63) is 0 Å². The molecule has 35 atom stereocenters. The molecule has 21 N–H and O–H groups in total. The third-order valence-corrected chi connectivity index (χ3v) is 20.1. The molecule has 0 bridgehead atoms. The molecule has 0 aromatic rings. The SMILES string of the molecule is CCC[C@@H]1C(O)C(CO)OC(COCC[C@H]2C(O)[C@H](COCC[C@@H]3C(O)C(CO)OC(COCC[C@@H]4C(O)C(COC[C@@H]5OC(CO)C(O)[C@@H](O)C5O)OC(COCC[C@@H]5C(O)C(CO)O[C@@H](COC)C5O)[C@H]4O)[C@H]3O)OC(COCC3OC(CO)C(O)[C@@H](O)[C@@H]3O)[C@H]2O)[C@H]1O. The first-order chi connectivity index (χ1) is 46.0. The number of aliphatic hydroxyl groups is 21. The third-order valence-electron chi connectivity index (χ3n) is 20.1. The third kappa shape index (κ3) is 20.5. The molecule has 35 nitrogen and oxygen atoms in total. The second kappa shape index (κ2) is 40.0. The molecular weight excluding hydrogens is 1290 g/mol. The van der Waals surface area contributed by atoms with Crippen LogP contribution in [0.3, 0.4) is 0 Å². The molecule has 0 aromatic heterocycles. The molecule has 7 aliphatic rings. The fraction of sp³-hybridized carbons (Fsp3) is 1.00. The summed E-state index contributed by atoms with van der Waals surface area (Å²) in [7, 11) is 1.41. The molecule has 0 amide bonds. The second-order valence-corrected chi connectivity index (χ2v) is 26.3. The van der Waals surface area contributed by atoms with Crippen LogP contribution in [0.15, 0.2) is 0 Å². The standard InChI is InChI=1S/C61H110O35/c1-3-4-27-46(67)32(13-62)91-38(49(27)70)19-84-11-7-30-52(73)41(96-42(54(30)75)23-88-25-44-58(79)60(81)56(77)35(16-65)93-44)22-87-10-6-29-48(69)34(15-64)92-39(51(29)72)20-85-12-8-31-53(74)40(21-86-9-5-28-47(68)33(14-63)90-37(18-83-2)50(28)71)95-43(55(31)76)24-89-26-45-59(80)61(82)57(78)36(17-66)94-45/h27-82H,3-26H2,1-2H3/t27-,28-,29-,30+,31+,32?,33?,34?,35?,36?,37+,38?,39?,40?,41+,42?,43?,44?,45+,46?,47?,48?,49+,50?,51+,52?,53+,54+,55?,56?,57?,58-,59?,60-,61-/m1/s1. The van der Waals surface area contributed by atoms with Gasteiger partial charge >= 0.3 is 0 Å². The van der Waals surface area contributed by atoms with Gasteiger partial charge in [0.15, 0.2) is 0 Å². The fourth-order valence-corrected chi connectivity index (χ4v) is 14.2. The van der Waals surface area contributed by atoms with Crippen molar-refractivity contribution in [1.82, 2.24) is 0 Å². The van der Waals surface area contributed by atoms with E-state index >= 15 is 0 Å². The minimum absolute atomic E-state index is 0.00574. The van der Waals surface area contributed by atoms with Gasteiger partial charge in [0, 0.05) is 63.1 Å². The van der Waals surface area contributed by atoms with Gasteiger partial charge in [0.2, 0.25) is 0 Å². The smallest absolute Gasteiger partial charge is 0.111 e. The van der Waals surface area contributed by atoms with Crippen LogP contribution in [0.5, 0.6) is 0 Å². The van der Waals surface area contributed by atoms with Crippen LogP contribution in [-0.2, 0) is 66.3 Å². The molecular formula is C61H110O35. The maximum absolute atomic E-state index is 11.7. The Bertz CT molecular complexity index is 2130. The van der Waals surface area contributed by atoms with Crippen LogP contribution in [0.25, 0.3) is 0 Å². The molecule has 7 heterocycles. The van der Waals surface area contributed by atoms with E-state index in [1.54, 1.807) is 0 Å². The van der Waals surface area contributed by atoms with Crippen molar-refractivity contribution < 1.29 is 174 Å². The summed E-state index contributed by atoms with van der Waals surface area (Å²) >= 11 is 0. The lowest BCUT2D eigenvalue weighted by Crippen LogP contribution is -2.60. The zero-order chi connectivity index (χ0) is 70.1. The molecule has 0 aliphatic carbocycles. The number of hydrogen-bond acceptors (Lipinski definition) is 35. The minimum atomic E-state index is -1.68. The summed E-state index contributed by atoms with van der Waals surface area (Å²) in [5.74, 6) is -4.38. The highest BCUT2D eigenvalue weighted by Crippen LogP contribution is 2.36. The van der Waals surface area contributed by atoms with Gasteiger partial charge in [-0.15, -0.1) is 0 Å². The van der Waals surface area contributed by atoms with E-state index in [4.69, 9.17) is 66.3 Å². The van der Waals surface area contributed by atoms with E-state index in [9.17, 15) is 107 Å². The molecule has 7 fully saturated rings. The number of ether oxygens (including phenoxy) is 14. The van der Waals surface area contributed by atoms with Crippen molar-refractivity contribution in [1.29, 1.82) is 0 Å². The van der Waals surface area contributed by atoms with E-state index in [1.165, 1.54) is 7.11 Å². The highest BCUT2D eigenvalue weighted by molar-refractivity contribution is 4.99. The van der Waals surface area contributed by atoms with Crippen molar-refractivity contribution in [2.75, 3.05) is 126 Å². The summed E-state index contributed by atoms with van der Waals surface area (Å²) in [6.07, 6.45) is -37.6. The van der Waals surface area contributed by atoms with Gasteiger partial charge in [0.25, 0.3) is 0 Å². The Morgan fingerprint density at radius 2 is 0.396 bits per heavy atom. The lowest BCUT2D eigenvalue weighted by molar-refractivity contribution is -0.251. The minimum Gasteiger partial charge on any atom is -0.394 e. The van der Waals surface area contributed by atoms with Gasteiger partial charge in [-0.3, -0.25) is 0 Å². The van der Waals surface area contributed by atoms with E-state index in [0.29, 0.717) is 12.8 Å². The van der Waals surface area contributed by atoms with Crippen LogP contribution in [0.2, 0.25) is 0 Å². The van der Waals surface area contributed by atoms with Crippen molar-refractivity contribution in [3.63, 3.8) is 0 Å². The van der Waals surface area contributed by atoms with Gasteiger partial charge in [-0.2, -0.15) is 0 Å². The van der Waals surface area contributed by atoms with Gasteiger partial charge in [-0.25, -0.2) is 0 Å². The molecule has 7 rings (SSSR count). The van der Waals surface area contributed by atoms with Crippen molar-refractivity contribution >= 4 is 0 Å². The van der Waals surface area contributed by atoms with Crippen LogP contribution >= 0.6 is 0 Å². The Balaban J connectivity index is 0.944. The molecule has 564 valence electrons. The topological polar surface area (TPSA) is 554 Å². The van der Waals surface area contributed by atoms with E-state index in [0.717, 1.165) is 0 Å². The van der Waals surface area contributed by atoms with Gasteiger partial charge in [-0.1, -0.05) is 13.3 Å². The zero-order valence-corrected chi connectivity index (χ0v) is 54.3. The summed E-state index contributed by atoms with van der Waals surface area (Å²) in [5.41, 5.74) is 0. The Morgan fingerprint density at radius 3 is 0.625 bits per heavy atom. The average molecular weight is 1400 g/mol. The Labute approximate surface area is 556 Å². The van der Waals surface area contributed by atoms with E-state index in [2.05, 4.69) is 0 Å². The summed E-state index contributed by atoms with van der Waals surface area (Å²) < 4.78 is 81.2. The number of rotatable bonds is 37. The van der Waals surface area contributed by atoms with Gasteiger partial charge in [-0.05, 0) is 32.1 Å². The summed E-state index contributed by atoms with van der Waals surface area (Å²) in [6.45, 7) is -4.31. The van der Waals surface area contributed by atoms with Gasteiger partial charge in [0.1, 0.15) is 122 Å². The highest BCUT2D eigenvalue weighted by atomic mass is 16.6. The monoisotopic (exact) mass is 1400 g/mol. The van der Waals surface area contributed by atoms with Crippen molar-refractivity contribution in [3.8, 4) is 0 Å². The summed E-state index contributed by atoms with van der Waals surface area (Å²) in [5, 5.41) is 225. The largest absolute Gasteiger partial charge is 0.394 e. The van der Waals surface area contributed by atoms with Crippen LogP contribution in [0.4, 0.5) is 0 Å². The Kier molecular flexibility index (Phi) is 34.1. The van der Waals surface area contributed by atoms with E-state index < -0.39 is 259 Å². The number of methoxy groups -OCH3 is 1. The lowest BCUT2D eigenvalue weighted by atomic mass is 9.83. The van der Waals surface area contributed by atoms with Crippen LogP contribution in [0.1, 0.15) is 45.4 Å². The van der Waals surface area contributed by atoms with E-state index in [-0.39, 0.29) is 98.4 Å². The number of hydrogen-bond donors (Lipinski definition) is 21. The van der Waals surface area contributed by atoms with Crippen LogP contribution in [-0.4, -0.2) is 416 Å². The quantitative estimate of drug-likeness (QED) is 0.0257. The molecule has 96 heavy (non-hydrogen) atoms. The second-order valence-electron chi connectivity index (χ2n) is 26.3. The number of aliphatic hydroxyl groups excluding tert-OH is 21. The molecule has 7 aliphatic heterocycles. The average Bonchev–Trinajstić information content (AvgIpc) is 0.879. The predicted octanol–water partition coefficient (Wildman–Crippen LogP) is -10.7. The summed E-state index contributed by atoms with van der Waals surface area (Å²) in [6, 6.07) is 0. The Hall–Kier alpha value is -1.40. The molecule has 7 saturated heterocycles. The maximum Gasteiger partial charge on any atom is 0.111 e. The molecule has 0 radical (unpaired) electrons. The first kappa shape index (κ1) is 81.9. The van der Waals surface area contributed by atoms with Gasteiger partial charge < -0.3 is 174 Å². The van der Waals surface area contributed by atoms with Crippen LogP contribution < -0.4 is 0 Å². The molecule has 35 heteroatoms. The maximum atomic E-state index is 11.7. The first-order valence-corrected chi connectivity index (χ1v) is 33.5. The van der Waals surface area contributed by atoms with Crippen molar-refractivity contribution in [2.45, 2.75) is 229 Å². The highest BCUT2D eigenvalue weighted by Gasteiger charge is 2.51. The first-order valence-electron chi connectivity index (χ1n) is 33.5.